The van der Waals surface area contributed by atoms with Crippen molar-refractivity contribution >= 4 is 47.6 Å². The summed E-state index contributed by atoms with van der Waals surface area (Å²) < 4.78 is 42.1. The fourth-order valence-corrected chi connectivity index (χ4v) is 3.98. The van der Waals surface area contributed by atoms with Gasteiger partial charge in [-0.1, -0.05) is 15.9 Å². The zero-order chi connectivity index (χ0) is 15.6. The Labute approximate surface area is 138 Å². The maximum atomic E-state index is 14.2. The lowest BCUT2D eigenvalue weighted by Gasteiger charge is -2.12. The monoisotopic (exact) mass is 437 g/mol. The largest absolute Gasteiger partial charge is 0.326 e. The summed E-state index contributed by atoms with van der Waals surface area (Å²) in [4.78, 5) is 3.36. The number of halogens is 3. The smallest absolute Gasteiger partial charge is 0.264 e. The molecule has 5 nitrogen and oxygen atoms in total. The van der Waals surface area contributed by atoms with E-state index in [4.69, 9.17) is 5.73 Å². The lowest BCUT2D eigenvalue weighted by atomic mass is 10.2. The Morgan fingerprint density at radius 2 is 2.05 bits per heavy atom. The molecule has 2 aromatic rings. The number of aromatic nitrogens is 1. The highest BCUT2D eigenvalue weighted by Gasteiger charge is 2.23. The van der Waals surface area contributed by atoms with Gasteiger partial charge in [-0.2, -0.15) is 0 Å². The SMILES string of the molecule is NCc1cc(Br)cc(S(=O)(=O)Nc2ccncc2Br)c1F. The number of hydrogen-bond acceptors (Lipinski definition) is 4. The van der Waals surface area contributed by atoms with Crippen LogP contribution in [-0.4, -0.2) is 13.4 Å². The van der Waals surface area contributed by atoms with E-state index in [1.54, 1.807) is 0 Å². The third kappa shape index (κ3) is 3.60. The van der Waals surface area contributed by atoms with Gasteiger partial charge in [-0.15, -0.1) is 0 Å². The first-order valence-corrected chi connectivity index (χ1v) is 8.72. The third-order valence-corrected chi connectivity index (χ3v) is 5.06. The molecule has 0 aliphatic heterocycles. The second-order valence-electron chi connectivity index (χ2n) is 4.04. The molecule has 0 saturated heterocycles. The van der Waals surface area contributed by atoms with Crippen LogP contribution in [0.4, 0.5) is 10.1 Å². The van der Waals surface area contributed by atoms with Crippen LogP contribution in [-0.2, 0) is 16.6 Å². The maximum absolute atomic E-state index is 14.2. The second kappa shape index (κ2) is 6.39. The first-order valence-electron chi connectivity index (χ1n) is 5.65. The summed E-state index contributed by atoms with van der Waals surface area (Å²) in [5, 5.41) is 0. The number of hydrogen-bond donors (Lipinski definition) is 2. The van der Waals surface area contributed by atoms with Gasteiger partial charge in [0, 0.05) is 29.0 Å². The first-order chi connectivity index (χ1) is 9.85. The Hall–Kier alpha value is -1.03. The molecule has 9 heteroatoms. The maximum Gasteiger partial charge on any atom is 0.264 e. The van der Waals surface area contributed by atoms with Crippen LogP contribution in [0.25, 0.3) is 0 Å². The topological polar surface area (TPSA) is 85.1 Å². The molecule has 0 amide bonds. The lowest BCUT2D eigenvalue weighted by molar-refractivity contribution is 0.560. The van der Waals surface area contributed by atoms with Gasteiger partial charge in [-0.25, -0.2) is 12.8 Å². The van der Waals surface area contributed by atoms with Crippen molar-refractivity contribution in [2.75, 3.05) is 4.72 Å². The van der Waals surface area contributed by atoms with Crippen LogP contribution in [0.2, 0.25) is 0 Å². The van der Waals surface area contributed by atoms with Gasteiger partial charge in [-0.3, -0.25) is 9.71 Å². The summed E-state index contributed by atoms with van der Waals surface area (Å²) in [6, 6.07) is 4.09. The van der Waals surface area contributed by atoms with Crippen molar-refractivity contribution in [1.29, 1.82) is 0 Å². The van der Waals surface area contributed by atoms with Crippen molar-refractivity contribution in [2.24, 2.45) is 5.73 Å². The molecule has 0 unspecified atom stereocenters. The molecule has 21 heavy (non-hydrogen) atoms. The van der Waals surface area contributed by atoms with E-state index < -0.39 is 20.7 Å². The molecule has 1 heterocycles. The Morgan fingerprint density at radius 3 is 2.67 bits per heavy atom. The molecular formula is C12H10Br2FN3O2S. The molecule has 0 atom stereocenters. The summed E-state index contributed by atoms with van der Waals surface area (Å²) in [6.07, 6.45) is 2.85. The number of anilines is 1. The van der Waals surface area contributed by atoms with Crippen LogP contribution in [0, 0.1) is 5.82 Å². The van der Waals surface area contributed by atoms with Gasteiger partial charge < -0.3 is 5.73 Å². The van der Waals surface area contributed by atoms with Crippen LogP contribution in [0.3, 0.4) is 0 Å². The highest BCUT2D eigenvalue weighted by Crippen LogP contribution is 2.28. The fraction of sp³-hybridized carbons (Fsp3) is 0.0833. The standard InChI is InChI=1S/C12H10Br2FN3O2S/c13-8-3-7(5-16)12(15)11(4-8)21(19,20)18-10-1-2-17-6-9(10)14/h1-4,6H,5,16H2,(H,17,18). The van der Waals surface area contributed by atoms with Gasteiger partial charge in [0.2, 0.25) is 0 Å². The molecule has 1 aromatic heterocycles. The number of sulfonamides is 1. The van der Waals surface area contributed by atoms with Crippen LogP contribution < -0.4 is 10.5 Å². The van der Waals surface area contributed by atoms with E-state index >= 15 is 0 Å². The van der Waals surface area contributed by atoms with Crippen molar-refractivity contribution in [3.05, 3.63) is 50.9 Å². The first kappa shape index (κ1) is 16.3. The zero-order valence-electron chi connectivity index (χ0n) is 10.5. The van der Waals surface area contributed by atoms with Crippen LogP contribution in [0.15, 0.2) is 44.4 Å². The van der Waals surface area contributed by atoms with E-state index in [0.29, 0.717) is 8.95 Å². The van der Waals surface area contributed by atoms with Gasteiger partial charge >= 0.3 is 0 Å². The second-order valence-corrected chi connectivity index (χ2v) is 7.46. The lowest BCUT2D eigenvalue weighted by Crippen LogP contribution is -2.16. The average Bonchev–Trinajstić information content (AvgIpc) is 2.43. The minimum absolute atomic E-state index is 0.104. The minimum atomic E-state index is -4.09. The summed E-state index contributed by atoms with van der Waals surface area (Å²) in [5.41, 5.74) is 5.79. The van der Waals surface area contributed by atoms with Crippen molar-refractivity contribution in [3.63, 3.8) is 0 Å². The van der Waals surface area contributed by atoms with E-state index in [-0.39, 0.29) is 17.8 Å². The van der Waals surface area contributed by atoms with Crippen molar-refractivity contribution in [1.82, 2.24) is 4.98 Å². The summed E-state index contributed by atoms with van der Waals surface area (Å²) in [5.74, 6) is -0.863. The summed E-state index contributed by atoms with van der Waals surface area (Å²) >= 11 is 6.32. The minimum Gasteiger partial charge on any atom is -0.326 e. The van der Waals surface area contributed by atoms with E-state index in [1.807, 2.05) is 0 Å². The molecule has 0 radical (unpaired) electrons. The Bertz CT molecular complexity index is 784. The molecule has 112 valence electrons. The van der Waals surface area contributed by atoms with Gasteiger partial charge in [0.15, 0.2) is 0 Å². The fourth-order valence-electron chi connectivity index (χ4n) is 1.62. The summed E-state index contributed by atoms with van der Waals surface area (Å²) in [6.45, 7) is -0.104. The number of pyridine rings is 1. The normalized spacial score (nSPS) is 11.4. The number of benzene rings is 1. The molecule has 0 aliphatic rings. The highest BCUT2D eigenvalue weighted by molar-refractivity contribution is 9.10. The van der Waals surface area contributed by atoms with Crippen molar-refractivity contribution in [3.8, 4) is 0 Å². The number of nitrogens with one attached hydrogen (secondary N) is 1. The average molecular weight is 439 g/mol. The van der Waals surface area contributed by atoms with Gasteiger partial charge in [0.25, 0.3) is 10.0 Å². The van der Waals surface area contributed by atoms with Gasteiger partial charge in [0.1, 0.15) is 10.7 Å². The van der Waals surface area contributed by atoms with Gasteiger partial charge in [0.05, 0.1) is 10.2 Å². The molecule has 0 spiro atoms. The van der Waals surface area contributed by atoms with Crippen LogP contribution in [0.1, 0.15) is 5.56 Å². The predicted octanol–water partition coefficient (Wildman–Crippen LogP) is 3.01. The highest BCUT2D eigenvalue weighted by atomic mass is 79.9. The van der Waals surface area contributed by atoms with Gasteiger partial charge in [-0.05, 0) is 34.1 Å². The van der Waals surface area contributed by atoms with E-state index in [1.165, 1.54) is 30.6 Å². The van der Waals surface area contributed by atoms with Crippen LogP contribution in [0.5, 0.6) is 0 Å². The quantitative estimate of drug-likeness (QED) is 0.768. The number of nitrogens with two attached hydrogens (primary N) is 1. The van der Waals surface area contributed by atoms with E-state index in [0.717, 1.165) is 0 Å². The van der Waals surface area contributed by atoms with Crippen molar-refractivity contribution in [2.45, 2.75) is 11.4 Å². The van der Waals surface area contributed by atoms with E-state index in [2.05, 4.69) is 41.6 Å². The molecule has 0 saturated carbocycles. The molecule has 1 aromatic carbocycles. The number of nitrogens with zero attached hydrogens (tertiary/aromatic N) is 1. The molecule has 3 N–H and O–H groups in total. The predicted molar refractivity (Wildman–Crippen MR) is 84.7 cm³/mol. The molecule has 2 rings (SSSR count). The summed E-state index contributed by atoms with van der Waals surface area (Å²) in [7, 11) is -4.09. The van der Waals surface area contributed by atoms with Crippen molar-refractivity contribution < 1.29 is 12.8 Å². The molecular weight excluding hydrogens is 429 g/mol. The Balaban J connectivity index is 2.50. The molecule has 0 bridgehead atoms. The molecule has 0 aliphatic carbocycles. The Morgan fingerprint density at radius 1 is 1.33 bits per heavy atom. The molecule has 0 fully saturated rings. The zero-order valence-corrected chi connectivity index (χ0v) is 14.5. The third-order valence-electron chi connectivity index (χ3n) is 2.61. The Kier molecular flexibility index (Phi) is 4.97. The number of rotatable bonds is 4. The van der Waals surface area contributed by atoms with E-state index in [9.17, 15) is 12.8 Å². The van der Waals surface area contributed by atoms with Crippen LogP contribution >= 0.6 is 31.9 Å².